The van der Waals surface area contributed by atoms with Gasteiger partial charge in [-0.25, -0.2) is 0 Å². The molecule has 4 N–H and O–H groups in total. The fourth-order valence-corrected chi connectivity index (χ4v) is 2.19. The third kappa shape index (κ3) is 20.0. The van der Waals surface area contributed by atoms with E-state index in [9.17, 15) is 4.79 Å². The minimum absolute atomic E-state index is 0.0101. The van der Waals surface area contributed by atoms with Crippen molar-refractivity contribution in [2.45, 2.75) is 6.42 Å². The van der Waals surface area contributed by atoms with Gasteiger partial charge in [0.1, 0.15) is 6.61 Å². The van der Waals surface area contributed by atoms with E-state index >= 15 is 0 Å². The Balaban J connectivity index is 3.71. The van der Waals surface area contributed by atoms with Gasteiger partial charge in [0, 0.05) is 26.2 Å². The minimum atomic E-state index is -0.0101. The van der Waals surface area contributed by atoms with E-state index in [-0.39, 0.29) is 12.3 Å². The van der Waals surface area contributed by atoms with Crippen LogP contribution in [0.5, 0.6) is 0 Å². The average molecular weight is 434 g/mol. The second-order valence-corrected chi connectivity index (χ2v) is 6.03. The van der Waals surface area contributed by atoms with Crippen LogP contribution in [0.25, 0.3) is 0 Å². The molecule has 0 fully saturated rings. The molecule has 0 heterocycles. The Morgan fingerprint density at radius 2 is 1.10 bits per heavy atom. The highest BCUT2D eigenvalue weighted by Crippen LogP contribution is 1.97. The smallest absolute Gasteiger partial charge is 0.225 e. The quantitative estimate of drug-likeness (QED) is 0.152. The number of ether oxygens (including phenoxy) is 6. The van der Waals surface area contributed by atoms with Gasteiger partial charge in [0.05, 0.1) is 79.1 Å². The second kappa shape index (κ2) is 24.0. The van der Waals surface area contributed by atoms with Gasteiger partial charge in [-0.1, -0.05) is 5.92 Å². The highest BCUT2D eigenvalue weighted by atomic mass is 16.6. The molecule has 0 spiro atoms. The number of terminal acetylenes is 1. The zero-order valence-corrected chi connectivity index (χ0v) is 18.1. The Kier molecular flexibility index (Phi) is 23.0. The lowest BCUT2D eigenvalue weighted by Crippen LogP contribution is -2.37. The van der Waals surface area contributed by atoms with Gasteiger partial charge >= 0.3 is 0 Å². The van der Waals surface area contributed by atoms with Gasteiger partial charge in [0.15, 0.2) is 0 Å². The van der Waals surface area contributed by atoms with Crippen LogP contribution in [0.4, 0.5) is 0 Å². The van der Waals surface area contributed by atoms with Crippen molar-refractivity contribution in [1.29, 1.82) is 0 Å². The number of hydrogen-bond donors (Lipinski definition) is 2. The molecule has 0 aliphatic carbocycles. The molecule has 10 nitrogen and oxygen atoms in total. The molecule has 0 aliphatic heterocycles. The fourth-order valence-electron chi connectivity index (χ4n) is 2.19. The van der Waals surface area contributed by atoms with Crippen molar-refractivity contribution in [3.8, 4) is 12.3 Å². The number of carbonyl (C=O) groups is 1. The summed E-state index contributed by atoms with van der Waals surface area (Å²) in [5.74, 6) is 2.37. The van der Waals surface area contributed by atoms with Crippen molar-refractivity contribution >= 4 is 5.91 Å². The standard InChI is InChI=1S/C20H39N3O7/c1-2-8-25-14-16-29-18-19-30-17-15-26-9-3-20(24)23(6-12-27-10-4-21)7-13-28-11-5-22/h1H,3-19,21-22H2. The van der Waals surface area contributed by atoms with E-state index in [1.165, 1.54) is 0 Å². The van der Waals surface area contributed by atoms with E-state index in [4.69, 9.17) is 46.3 Å². The summed E-state index contributed by atoms with van der Waals surface area (Å²) in [5.41, 5.74) is 10.8. The maximum absolute atomic E-state index is 12.4. The van der Waals surface area contributed by atoms with E-state index in [0.29, 0.717) is 105 Å². The van der Waals surface area contributed by atoms with Gasteiger partial charge in [-0.05, 0) is 0 Å². The van der Waals surface area contributed by atoms with Crippen LogP contribution in [0.2, 0.25) is 0 Å². The van der Waals surface area contributed by atoms with Gasteiger partial charge in [0.25, 0.3) is 0 Å². The van der Waals surface area contributed by atoms with Crippen molar-refractivity contribution < 1.29 is 33.2 Å². The Bertz CT molecular complexity index is 410. The topological polar surface area (TPSA) is 128 Å². The highest BCUT2D eigenvalue weighted by Gasteiger charge is 2.13. The van der Waals surface area contributed by atoms with Crippen molar-refractivity contribution in [3.05, 3.63) is 0 Å². The van der Waals surface area contributed by atoms with Crippen LogP contribution < -0.4 is 11.5 Å². The molecule has 0 rings (SSSR count). The van der Waals surface area contributed by atoms with Crippen LogP contribution >= 0.6 is 0 Å². The molecule has 0 aromatic heterocycles. The zero-order chi connectivity index (χ0) is 22.1. The van der Waals surface area contributed by atoms with E-state index in [2.05, 4.69) is 5.92 Å². The van der Waals surface area contributed by atoms with E-state index in [1.54, 1.807) is 4.90 Å². The van der Waals surface area contributed by atoms with E-state index in [1.807, 2.05) is 0 Å². The lowest BCUT2D eigenvalue weighted by molar-refractivity contribution is -0.134. The zero-order valence-electron chi connectivity index (χ0n) is 18.1. The van der Waals surface area contributed by atoms with Crippen LogP contribution in [-0.4, -0.2) is 116 Å². The predicted molar refractivity (Wildman–Crippen MR) is 113 cm³/mol. The predicted octanol–water partition coefficient (Wildman–Crippen LogP) is -1.14. The summed E-state index contributed by atoms with van der Waals surface area (Å²) in [4.78, 5) is 14.1. The normalized spacial score (nSPS) is 10.8. The van der Waals surface area contributed by atoms with Gasteiger partial charge in [-0.3, -0.25) is 4.79 Å². The number of rotatable bonds is 23. The molecular formula is C20H39N3O7. The fraction of sp³-hybridized carbons (Fsp3) is 0.850. The lowest BCUT2D eigenvalue weighted by atomic mass is 10.3. The summed E-state index contributed by atoms with van der Waals surface area (Å²) in [6.45, 7) is 7.07. The minimum Gasteiger partial charge on any atom is -0.379 e. The third-order valence-corrected chi connectivity index (χ3v) is 3.65. The Labute approximate surface area is 180 Å². The molecule has 0 aliphatic rings. The summed E-state index contributed by atoms with van der Waals surface area (Å²) in [7, 11) is 0. The summed E-state index contributed by atoms with van der Waals surface area (Å²) < 4.78 is 32.0. The molecule has 0 atom stereocenters. The van der Waals surface area contributed by atoms with Crippen LogP contribution in [0, 0.1) is 12.3 Å². The van der Waals surface area contributed by atoms with Gasteiger partial charge < -0.3 is 44.8 Å². The first-order chi connectivity index (χ1) is 14.8. The first-order valence-electron chi connectivity index (χ1n) is 10.3. The molecular weight excluding hydrogens is 394 g/mol. The number of nitrogens with zero attached hydrogens (tertiary/aromatic N) is 1. The van der Waals surface area contributed by atoms with Gasteiger partial charge in [-0.15, -0.1) is 6.42 Å². The third-order valence-electron chi connectivity index (χ3n) is 3.65. The maximum Gasteiger partial charge on any atom is 0.225 e. The monoisotopic (exact) mass is 433 g/mol. The summed E-state index contributed by atoms with van der Waals surface area (Å²) in [6, 6.07) is 0. The summed E-state index contributed by atoms with van der Waals surface area (Å²) in [6.07, 6.45) is 5.35. The van der Waals surface area contributed by atoms with Crippen LogP contribution in [0.3, 0.4) is 0 Å². The number of nitrogens with two attached hydrogens (primary N) is 2. The van der Waals surface area contributed by atoms with Crippen molar-refractivity contribution in [2.24, 2.45) is 11.5 Å². The summed E-state index contributed by atoms with van der Waals surface area (Å²) >= 11 is 0. The average Bonchev–Trinajstić information content (AvgIpc) is 2.75. The molecule has 30 heavy (non-hydrogen) atoms. The number of amides is 1. The Hall–Kier alpha value is -1.29. The van der Waals surface area contributed by atoms with Gasteiger partial charge in [0.2, 0.25) is 5.91 Å². The lowest BCUT2D eigenvalue weighted by Gasteiger charge is -2.22. The van der Waals surface area contributed by atoms with E-state index in [0.717, 1.165) is 0 Å². The summed E-state index contributed by atoms with van der Waals surface area (Å²) in [5, 5.41) is 0. The molecule has 1 amide bonds. The molecule has 0 saturated carbocycles. The van der Waals surface area contributed by atoms with Crippen LogP contribution in [0.1, 0.15) is 6.42 Å². The molecule has 0 radical (unpaired) electrons. The van der Waals surface area contributed by atoms with Gasteiger partial charge in [-0.2, -0.15) is 0 Å². The molecule has 10 heteroatoms. The molecule has 0 aromatic carbocycles. The van der Waals surface area contributed by atoms with Crippen LogP contribution in [-0.2, 0) is 33.2 Å². The van der Waals surface area contributed by atoms with Crippen molar-refractivity contribution in [3.63, 3.8) is 0 Å². The first-order valence-corrected chi connectivity index (χ1v) is 10.3. The first kappa shape index (κ1) is 28.7. The molecule has 176 valence electrons. The molecule has 0 saturated heterocycles. The molecule has 0 bridgehead atoms. The number of carbonyl (C=O) groups excluding carboxylic acids is 1. The van der Waals surface area contributed by atoms with E-state index < -0.39 is 0 Å². The van der Waals surface area contributed by atoms with Crippen molar-refractivity contribution in [2.75, 3.05) is 105 Å². The van der Waals surface area contributed by atoms with Crippen LogP contribution in [0.15, 0.2) is 0 Å². The Morgan fingerprint density at radius 1 is 0.667 bits per heavy atom. The second-order valence-electron chi connectivity index (χ2n) is 6.03. The SMILES string of the molecule is C#CCOCCOCCOCCOCCC(=O)N(CCOCCN)CCOCCN. The Morgan fingerprint density at radius 3 is 1.57 bits per heavy atom. The largest absolute Gasteiger partial charge is 0.379 e. The van der Waals surface area contributed by atoms with Crippen molar-refractivity contribution in [1.82, 2.24) is 4.90 Å². The maximum atomic E-state index is 12.4. The highest BCUT2D eigenvalue weighted by molar-refractivity contribution is 5.76. The molecule has 0 unspecified atom stereocenters. The number of hydrogen-bond acceptors (Lipinski definition) is 9. The molecule has 0 aromatic rings.